The number of amides is 1. The van der Waals surface area contributed by atoms with E-state index in [0.29, 0.717) is 0 Å². The van der Waals surface area contributed by atoms with E-state index in [1.54, 1.807) is 0 Å². The second kappa shape index (κ2) is 5.94. The third kappa shape index (κ3) is 2.77. The van der Waals surface area contributed by atoms with Gasteiger partial charge in [0.05, 0.1) is 19.6 Å². The molecule has 1 aromatic rings. The number of anilines is 1. The first-order chi connectivity index (χ1) is 10.3. The Morgan fingerprint density at radius 2 is 2.32 bits per heavy atom. The van der Waals surface area contributed by atoms with Crippen LogP contribution in [-0.4, -0.2) is 41.9 Å². The molecule has 1 N–H and O–H groups in total. The van der Waals surface area contributed by atoms with Crippen molar-refractivity contribution in [2.45, 2.75) is 18.2 Å². The number of terminal acetylenes is 1. The molecule has 1 aromatic heterocycles. The van der Waals surface area contributed by atoms with Crippen molar-refractivity contribution in [2.75, 3.05) is 24.7 Å². The minimum Gasteiger partial charge on any atom is -0.375 e. The van der Waals surface area contributed by atoms with Crippen LogP contribution in [0.4, 0.5) is 19.0 Å². The van der Waals surface area contributed by atoms with Gasteiger partial charge in [0, 0.05) is 11.8 Å². The lowest BCUT2D eigenvalue weighted by atomic mass is 9.97. The highest BCUT2D eigenvalue weighted by molar-refractivity contribution is 5.95. The number of aromatic nitrogens is 1. The maximum absolute atomic E-state index is 13.2. The number of ether oxygens (including phenoxy) is 1. The van der Waals surface area contributed by atoms with E-state index in [0.717, 1.165) is 11.0 Å². The van der Waals surface area contributed by atoms with Gasteiger partial charge in [-0.3, -0.25) is 9.69 Å². The molecular formula is C14H13F3N2O3. The van der Waals surface area contributed by atoms with Gasteiger partial charge in [-0.05, 0) is 6.07 Å². The van der Waals surface area contributed by atoms with Gasteiger partial charge in [-0.15, -0.1) is 6.42 Å². The SMILES string of the molecule is C#CCOCCC(=O)N1CC(O)(C(F)(F)F)c2cccnc21. The topological polar surface area (TPSA) is 62.7 Å². The van der Waals surface area contributed by atoms with Crippen LogP contribution < -0.4 is 4.90 Å². The number of halogens is 3. The Hall–Kier alpha value is -2.11. The Kier molecular flexibility index (Phi) is 4.39. The molecule has 0 fully saturated rings. The maximum Gasteiger partial charge on any atom is 0.423 e. The van der Waals surface area contributed by atoms with Crippen LogP contribution in [0.5, 0.6) is 0 Å². The number of fused-ring (bicyclic) bond motifs is 1. The van der Waals surface area contributed by atoms with Crippen LogP contribution in [0.15, 0.2) is 18.3 Å². The summed E-state index contributed by atoms with van der Waals surface area (Å²) in [5.74, 6) is 1.39. The molecule has 2 heterocycles. The maximum atomic E-state index is 13.2. The number of carbonyl (C=O) groups is 1. The largest absolute Gasteiger partial charge is 0.423 e. The Labute approximate surface area is 124 Å². The first-order valence-corrected chi connectivity index (χ1v) is 6.37. The fraction of sp³-hybridized carbons (Fsp3) is 0.429. The Bertz CT molecular complexity index is 612. The van der Waals surface area contributed by atoms with E-state index in [1.165, 1.54) is 12.3 Å². The van der Waals surface area contributed by atoms with Gasteiger partial charge < -0.3 is 9.84 Å². The van der Waals surface area contributed by atoms with E-state index < -0.39 is 29.8 Å². The lowest BCUT2D eigenvalue weighted by molar-refractivity contribution is -0.259. The Morgan fingerprint density at radius 3 is 2.95 bits per heavy atom. The monoisotopic (exact) mass is 314 g/mol. The molecule has 0 saturated heterocycles. The third-order valence-electron chi connectivity index (χ3n) is 3.29. The molecule has 0 aromatic carbocycles. The van der Waals surface area contributed by atoms with Gasteiger partial charge in [-0.2, -0.15) is 13.2 Å². The van der Waals surface area contributed by atoms with Crippen LogP contribution in [-0.2, 0) is 15.1 Å². The number of carbonyl (C=O) groups excluding carboxylic acids is 1. The van der Waals surface area contributed by atoms with E-state index in [9.17, 15) is 23.1 Å². The molecule has 1 amide bonds. The molecule has 5 nitrogen and oxygen atoms in total. The van der Waals surface area contributed by atoms with Gasteiger partial charge in [0.2, 0.25) is 11.5 Å². The van der Waals surface area contributed by atoms with Crippen LogP contribution in [0.25, 0.3) is 0 Å². The van der Waals surface area contributed by atoms with E-state index in [-0.39, 0.29) is 25.5 Å². The normalized spacial score (nSPS) is 20.6. The Balaban J connectivity index is 2.22. The standard InChI is InChI=1S/C14H13F3N2O3/c1-2-7-22-8-5-11(20)19-9-13(21,14(15,16)17)10-4-3-6-18-12(10)19/h1,3-4,6,21H,5,7-9H2. The molecule has 22 heavy (non-hydrogen) atoms. The van der Waals surface area contributed by atoms with Gasteiger partial charge in [-0.1, -0.05) is 12.0 Å². The number of rotatable bonds is 4. The smallest absolute Gasteiger partial charge is 0.375 e. The third-order valence-corrected chi connectivity index (χ3v) is 3.29. The molecule has 1 aliphatic heterocycles. The zero-order chi connectivity index (χ0) is 16.4. The van der Waals surface area contributed by atoms with Gasteiger partial charge in [0.25, 0.3) is 0 Å². The van der Waals surface area contributed by atoms with E-state index in [1.807, 2.05) is 0 Å². The minimum atomic E-state index is -4.92. The van der Waals surface area contributed by atoms with Gasteiger partial charge in [-0.25, -0.2) is 4.98 Å². The number of alkyl halides is 3. The van der Waals surface area contributed by atoms with Crippen LogP contribution >= 0.6 is 0 Å². The fourth-order valence-corrected chi connectivity index (χ4v) is 2.20. The number of hydrogen-bond acceptors (Lipinski definition) is 4. The summed E-state index contributed by atoms with van der Waals surface area (Å²) in [7, 11) is 0. The molecule has 2 rings (SSSR count). The van der Waals surface area contributed by atoms with Gasteiger partial charge >= 0.3 is 6.18 Å². The summed E-state index contributed by atoms with van der Waals surface area (Å²) in [5, 5.41) is 9.99. The van der Waals surface area contributed by atoms with Gasteiger partial charge in [0.15, 0.2) is 0 Å². The lowest BCUT2D eigenvalue weighted by Gasteiger charge is -2.26. The van der Waals surface area contributed by atoms with Crippen molar-refractivity contribution in [1.29, 1.82) is 0 Å². The number of hydrogen-bond donors (Lipinski definition) is 1. The van der Waals surface area contributed by atoms with Crippen LogP contribution in [0.2, 0.25) is 0 Å². The zero-order valence-corrected chi connectivity index (χ0v) is 11.4. The first kappa shape index (κ1) is 16.3. The molecule has 0 bridgehead atoms. The molecule has 1 aliphatic rings. The van der Waals surface area contributed by atoms with Crippen molar-refractivity contribution in [3.63, 3.8) is 0 Å². The highest BCUT2D eigenvalue weighted by Crippen LogP contribution is 2.47. The van der Waals surface area contributed by atoms with Crippen molar-refractivity contribution in [1.82, 2.24) is 4.98 Å². The second-order valence-electron chi connectivity index (χ2n) is 4.72. The molecule has 0 radical (unpaired) electrons. The van der Waals surface area contributed by atoms with Gasteiger partial charge in [0.1, 0.15) is 12.4 Å². The summed E-state index contributed by atoms with van der Waals surface area (Å²) < 4.78 is 44.4. The van der Waals surface area contributed by atoms with Crippen molar-refractivity contribution in [2.24, 2.45) is 0 Å². The number of β-amino-alcohol motifs (C(OH)–C–C–N with tert-alkyl or cyclic N) is 1. The fourth-order valence-electron chi connectivity index (χ4n) is 2.20. The molecule has 118 valence electrons. The highest BCUT2D eigenvalue weighted by Gasteiger charge is 2.61. The molecule has 0 spiro atoms. The first-order valence-electron chi connectivity index (χ1n) is 6.37. The molecule has 1 atom stereocenters. The zero-order valence-electron chi connectivity index (χ0n) is 11.4. The minimum absolute atomic E-state index is 0.00854. The van der Waals surface area contributed by atoms with Crippen molar-refractivity contribution >= 4 is 11.7 Å². The summed E-state index contributed by atoms with van der Waals surface area (Å²) in [6.07, 6.45) is 1.16. The lowest BCUT2D eigenvalue weighted by Crippen LogP contribution is -2.47. The average Bonchev–Trinajstić information content (AvgIpc) is 2.78. The average molecular weight is 314 g/mol. The summed E-state index contributed by atoms with van der Waals surface area (Å²) >= 11 is 0. The van der Waals surface area contributed by atoms with Crippen LogP contribution in [0.3, 0.4) is 0 Å². The van der Waals surface area contributed by atoms with Crippen LogP contribution in [0, 0.1) is 12.3 Å². The van der Waals surface area contributed by atoms with E-state index in [2.05, 4.69) is 10.9 Å². The highest BCUT2D eigenvalue weighted by atomic mass is 19.4. The molecule has 8 heteroatoms. The molecule has 1 unspecified atom stereocenters. The second-order valence-corrected chi connectivity index (χ2v) is 4.72. The number of pyridine rings is 1. The molecular weight excluding hydrogens is 301 g/mol. The predicted octanol–water partition coefficient (Wildman–Crippen LogP) is 1.22. The quantitative estimate of drug-likeness (QED) is 0.670. The summed E-state index contributed by atoms with van der Waals surface area (Å²) in [4.78, 5) is 16.7. The summed E-state index contributed by atoms with van der Waals surface area (Å²) in [6, 6.07) is 2.39. The van der Waals surface area contributed by atoms with Crippen LogP contribution in [0.1, 0.15) is 12.0 Å². The predicted molar refractivity (Wildman–Crippen MR) is 70.8 cm³/mol. The molecule has 0 saturated carbocycles. The van der Waals surface area contributed by atoms with E-state index in [4.69, 9.17) is 11.2 Å². The van der Waals surface area contributed by atoms with Crippen molar-refractivity contribution in [3.05, 3.63) is 23.9 Å². The molecule has 0 aliphatic carbocycles. The summed E-state index contributed by atoms with van der Waals surface area (Å²) in [5.41, 5.74) is -3.55. The number of nitrogens with zero attached hydrogens (tertiary/aromatic N) is 2. The van der Waals surface area contributed by atoms with Crippen molar-refractivity contribution in [3.8, 4) is 12.3 Å². The van der Waals surface area contributed by atoms with E-state index >= 15 is 0 Å². The summed E-state index contributed by atoms with van der Waals surface area (Å²) in [6.45, 7) is -0.933. The Morgan fingerprint density at radius 1 is 1.59 bits per heavy atom. The van der Waals surface area contributed by atoms with Crippen molar-refractivity contribution < 1.29 is 27.8 Å². The number of aliphatic hydroxyl groups is 1.